The molecule has 6 nitrogen and oxygen atoms in total. The Kier molecular flexibility index (Phi) is 5.98. The molecule has 1 aromatic rings. The van der Waals surface area contributed by atoms with Crippen molar-refractivity contribution in [2.45, 2.75) is 25.8 Å². The number of halogens is 1. The Morgan fingerprint density at radius 1 is 1.33 bits per heavy atom. The van der Waals surface area contributed by atoms with E-state index in [1.165, 1.54) is 6.07 Å². The van der Waals surface area contributed by atoms with Crippen LogP contribution in [0.3, 0.4) is 0 Å². The van der Waals surface area contributed by atoms with Gasteiger partial charge in [-0.3, -0.25) is 9.59 Å². The van der Waals surface area contributed by atoms with E-state index in [4.69, 9.17) is 16.3 Å². The molecule has 7 heteroatoms. The predicted molar refractivity (Wildman–Crippen MR) is 91.0 cm³/mol. The lowest BCUT2D eigenvalue weighted by atomic mass is 10.1. The standard InChI is InChI=1S/C17H19ClN2O4/c1-3-24-16(22)9-8-15(21)19-14-7-4-11(18)10-13(14)17(23)20(2)12-5-6-12/h4,7-10,12H,3,5-6H2,1-2H3,(H,19,21). The monoisotopic (exact) mass is 350 g/mol. The zero-order chi connectivity index (χ0) is 17.7. The van der Waals surface area contributed by atoms with Gasteiger partial charge in [-0.2, -0.15) is 0 Å². The van der Waals surface area contributed by atoms with Crippen LogP contribution in [0.25, 0.3) is 0 Å². The summed E-state index contributed by atoms with van der Waals surface area (Å²) >= 11 is 5.98. The van der Waals surface area contributed by atoms with Gasteiger partial charge in [-0.05, 0) is 38.0 Å². The Hall–Kier alpha value is -2.34. The number of hydrogen-bond donors (Lipinski definition) is 1. The van der Waals surface area contributed by atoms with Gasteiger partial charge in [-0.15, -0.1) is 0 Å². The molecule has 1 aromatic carbocycles. The minimum Gasteiger partial charge on any atom is -0.463 e. The molecule has 128 valence electrons. The van der Waals surface area contributed by atoms with Gasteiger partial charge in [0.15, 0.2) is 0 Å². The van der Waals surface area contributed by atoms with Crippen molar-refractivity contribution < 1.29 is 19.1 Å². The van der Waals surface area contributed by atoms with Crippen molar-refractivity contribution >= 4 is 35.1 Å². The lowest BCUT2D eigenvalue weighted by Crippen LogP contribution is -2.29. The summed E-state index contributed by atoms with van der Waals surface area (Å²) in [5.41, 5.74) is 0.658. The molecular weight excluding hydrogens is 332 g/mol. The van der Waals surface area contributed by atoms with Crippen LogP contribution in [-0.4, -0.2) is 42.4 Å². The van der Waals surface area contributed by atoms with Crippen LogP contribution in [-0.2, 0) is 14.3 Å². The maximum atomic E-state index is 12.6. The summed E-state index contributed by atoms with van der Waals surface area (Å²) in [6, 6.07) is 4.91. The number of nitrogens with one attached hydrogen (secondary N) is 1. The highest BCUT2D eigenvalue weighted by Crippen LogP contribution is 2.29. The molecule has 0 radical (unpaired) electrons. The van der Waals surface area contributed by atoms with Crippen LogP contribution in [0.2, 0.25) is 5.02 Å². The summed E-state index contributed by atoms with van der Waals surface area (Å²) in [5, 5.41) is 3.00. The first-order chi connectivity index (χ1) is 11.4. The van der Waals surface area contributed by atoms with E-state index < -0.39 is 11.9 Å². The molecule has 1 aliphatic rings. The smallest absolute Gasteiger partial charge is 0.330 e. The van der Waals surface area contributed by atoms with Gasteiger partial charge in [0.05, 0.1) is 17.9 Å². The number of nitrogens with zero attached hydrogens (tertiary/aromatic N) is 1. The zero-order valence-electron chi connectivity index (χ0n) is 13.5. The van der Waals surface area contributed by atoms with Gasteiger partial charge in [0.2, 0.25) is 5.91 Å². The van der Waals surface area contributed by atoms with Gasteiger partial charge in [-0.25, -0.2) is 4.79 Å². The maximum absolute atomic E-state index is 12.6. The van der Waals surface area contributed by atoms with E-state index in [1.807, 2.05) is 0 Å². The summed E-state index contributed by atoms with van der Waals surface area (Å²) < 4.78 is 4.70. The molecular formula is C17H19ClN2O4. The maximum Gasteiger partial charge on any atom is 0.330 e. The van der Waals surface area contributed by atoms with E-state index in [2.05, 4.69) is 5.32 Å². The molecule has 2 rings (SSSR count). The van der Waals surface area contributed by atoms with Crippen LogP contribution < -0.4 is 5.32 Å². The van der Waals surface area contributed by atoms with Crippen molar-refractivity contribution in [1.82, 2.24) is 4.90 Å². The highest BCUT2D eigenvalue weighted by Gasteiger charge is 2.31. The number of rotatable bonds is 6. The normalized spacial score (nSPS) is 13.6. The number of carbonyl (C=O) groups is 3. The first-order valence-corrected chi connectivity index (χ1v) is 8.02. The van der Waals surface area contributed by atoms with E-state index >= 15 is 0 Å². The van der Waals surface area contributed by atoms with Crippen LogP contribution in [0.4, 0.5) is 5.69 Å². The second kappa shape index (κ2) is 7.97. The predicted octanol–water partition coefficient (Wildman–Crippen LogP) is 2.63. The zero-order valence-corrected chi connectivity index (χ0v) is 14.3. The van der Waals surface area contributed by atoms with E-state index in [-0.39, 0.29) is 18.6 Å². The van der Waals surface area contributed by atoms with Gasteiger partial charge in [0.1, 0.15) is 0 Å². The van der Waals surface area contributed by atoms with Crippen molar-refractivity contribution in [3.8, 4) is 0 Å². The highest BCUT2D eigenvalue weighted by molar-refractivity contribution is 6.31. The molecule has 0 spiro atoms. The number of esters is 1. The van der Waals surface area contributed by atoms with Crippen molar-refractivity contribution in [2.24, 2.45) is 0 Å². The Morgan fingerprint density at radius 2 is 2.04 bits per heavy atom. The first-order valence-electron chi connectivity index (χ1n) is 7.65. The molecule has 0 unspecified atom stereocenters. The van der Waals surface area contributed by atoms with Crippen molar-refractivity contribution in [2.75, 3.05) is 19.0 Å². The van der Waals surface area contributed by atoms with Crippen LogP contribution >= 0.6 is 11.6 Å². The second-order valence-electron chi connectivity index (χ2n) is 5.41. The Labute approximate surface area is 145 Å². The SMILES string of the molecule is CCOC(=O)C=CC(=O)Nc1ccc(Cl)cc1C(=O)N(C)C1CC1. The highest BCUT2D eigenvalue weighted by atomic mass is 35.5. The molecule has 1 N–H and O–H groups in total. The lowest BCUT2D eigenvalue weighted by molar-refractivity contribution is -0.137. The van der Waals surface area contributed by atoms with Gasteiger partial charge in [0.25, 0.3) is 5.91 Å². The Morgan fingerprint density at radius 3 is 2.67 bits per heavy atom. The minimum atomic E-state index is -0.603. The fraction of sp³-hybridized carbons (Fsp3) is 0.353. The molecule has 24 heavy (non-hydrogen) atoms. The number of carbonyl (C=O) groups excluding carboxylic acids is 3. The first kappa shape index (κ1) is 18.0. The fourth-order valence-electron chi connectivity index (χ4n) is 2.13. The molecule has 0 atom stereocenters. The largest absolute Gasteiger partial charge is 0.463 e. The lowest BCUT2D eigenvalue weighted by Gasteiger charge is -2.18. The average molecular weight is 351 g/mol. The molecule has 0 aromatic heterocycles. The van der Waals surface area contributed by atoms with Crippen LogP contribution in [0.1, 0.15) is 30.1 Å². The number of benzene rings is 1. The average Bonchev–Trinajstić information content (AvgIpc) is 3.38. The van der Waals surface area contributed by atoms with Gasteiger partial charge in [-0.1, -0.05) is 11.6 Å². The van der Waals surface area contributed by atoms with Crippen molar-refractivity contribution in [3.05, 3.63) is 40.9 Å². The second-order valence-corrected chi connectivity index (χ2v) is 5.85. The number of amides is 2. The summed E-state index contributed by atoms with van der Waals surface area (Å²) in [6.45, 7) is 1.90. The topological polar surface area (TPSA) is 75.7 Å². The third kappa shape index (κ3) is 4.83. The summed E-state index contributed by atoms with van der Waals surface area (Å²) in [7, 11) is 1.73. The Balaban J connectivity index is 2.13. The molecule has 0 saturated heterocycles. The third-order valence-electron chi connectivity index (χ3n) is 3.54. The van der Waals surface area contributed by atoms with Crippen LogP contribution in [0, 0.1) is 0 Å². The van der Waals surface area contributed by atoms with Crippen LogP contribution in [0.15, 0.2) is 30.4 Å². The molecule has 1 aliphatic carbocycles. The quantitative estimate of drug-likeness (QED) is 0.632. The van der Waals surface area contributed by atoms with E-state index in [0.29, 0.717) is 16.3 Å². The van der Waals surface area contributed by atoms with Crippen LogP contribution in [0.5, 0.6) is 0 Å². The molecule has 0 heterocycles. The van der Waals surface area contributed by atoms with Crippen molar-refractivity contribution in [3.63, 3.8) is 0 Å². The summed E-state index contributed by atoms with van der Waals surface area (Å²) in [4.78, 5) is 37.4. The summed E-state index contributed by atoms with van der Waals surface area (Å²) in [5.74, 6) is -1.34. The fourth-order valence-corrected chi connectivity index (χ4v) is 2.30. The number of ether oxygens (including phenoxy) is 1. The minimum absolute atomic E-state index is 0.204. The number of hydrogen-bond acceptors (Lipinski definition) is 4. The molecule has 1 saturated carbocycles. The number of anilines is 1. The molecule has 0 aliphatic heterocycles. The van der Waals surface area contributed by atoms with Gasteiger partial charge in [0, 0.05) is 30.3 Å². The molecule has 2 amide bonds. The van der Waals surface area contributed by atoms with E-state index in [0.717, 1.165) is 25.0 Å². The van der Waals surface area contributed by atoms with E-state index in [9.17, 15) is 14.4 Å². The molecule has 1 fully saturated rings. The summed E-state index contributed by atoms with van der Waals surface area (Å²) in [6.07, 6.45) is 4.05. The Bertz CT molecular complexity index is 683. The van der Waals surface area contributed by atoms with E-state index in [1.54, 1.807) is 31.0 Å². The van der Waals surface area contributed by atoms with Crippen molar-refractivity contribution in [1.29, 1.82) is 0 Å². The third-order valence-corrected chi connectivity index (χ3v) is 3.78. The molecule has 0 bridgehead atoms. The van der Waals surface area contributed by atoms with Gasteiger partial charge < -0.3 is 15.0 Å². The van der Waals surface area contributed by atoms with Gasteiger partial charge >= 0.3 is 5.97 Å².